The zero-order chi connectivity index (χ0) is 13.7. The molecule has 1 aliphatic carbocycles. The third-order valence-corrected chi connectivity index (χ3v) is 4.07. The summed E-state index contributed by atoms with van der Waals surface area (Å²) in [4.78, 5) is 0. The van der Waals surface area contributed by atoms with Gasteiger partial charge in [0.05, 0.1) is 0 Å². The van der Waals surface area contributed by atoms with E-state index in [-0.39, 0.29) is 12.4 Å². The van der Waals surface area contributed by atoms with Crippen molar-refractivity contribution in [1.82, 2.24) is 5.32 Å². The molecule has 0 heterocycles. The standard InChI is InChI=1S/C16H24FNO/c1-2-3-12(8-9-19)11-18-16-7-4-13-10-14(17)5-6-15(13)16/h5-6,10,12,16,18-19H,2-4,7-9,11H2,1H3. The van der Waals surface area contributed by atoms with Gasteiger partial charge in [0.15, 0.2) is 0 Å². The third kappa shape index (κ3) is 3.77. The lowest BCUT2D eigenvalue weighted by Gasteiger charge is -2.20. The van der Waals surface area contributed by atoms with Gasteiger partial charge in [0, 0.05) is 12.6 Å². The van der Waals surface area contributed by atoms with E-state index in [1.807, 2.05) is 6.07 Å². The molecule has 2 unspecified atom stereocenters. The summed E-state index contributed by atoms with van der Waals surface area (Å²) in [5, 5.41) is 12.7. The number of aryl methyl sites for hydroxylation is 1. The van der Waals surface area contributed by atoms with E-state index in [9.17, 15) is 4.39 Å². The van der Waals surface area contributed by atoms with Gasteiger partial charge in [-0.05, 0) is 61.4 Å². The maximum atomic E-state index is 13.2. The molecule has 2 nitrogen and oxygen atoms in total. The maximum Gasteiger partial charge on any atom is 0.123 e. The molecule has 0 aliphatic heterocycles. The van der Waals surface area contributed by atoms with Gasteiger partial charge < -0.3 is 10.4 Å². The molecule has 0 amide bonds. The minimum Gasteiger partial charge on any atom is -0.396 e. The lowest BCUT2D eigenvalue weighted by molar-refractivity contribution is 0.245. The molecule has 19 heavy (non-hydrogen) atoms. The Morgan fingerprint density at radius 1 is 1.42 bits per heavy atom. The Balaban J connectivity index is 1.91. The molecule has 0 saturated carbocycles. The Labute approximate surface area is 115 Å². The molecule has 0 fully saturated rings. The van der Waals surface area contributed by atoms with Gasteiger partial charge in [0.1, 0.15) is 5.82 Å². The van der Waals surface area contributed by atoms with Crippen LogP contribution in [-0.4, -0.2) is 18.3 Å². The minimum atomic E-state index is -0.136. The second kappa shape index (κ2) is 7.01. The van der Waals surface area contributed by atoms with Crippen molar-refractivity contribution in [3.63, 3.8) is 0 Å². The molecule has 1 aromatic rings. The number of hydrogen-bond donors (Lipinski definition) is 2. The van der Waals surface area contributed by atoms with Crippen LogP contribution in [0.4, 0.5) is 4.39 Å². The Morgan fingerprint density at radius 2 is 2.26 bits per heavy atom. The van der Waals surface area contributed by atoms with Crippen molar-refractivity contribution in [2.75, 3.05) is 13.2 Å². The average molecular weight is 265 g/mol. The van der Waals surface area contributed by atoms with Gasteiger partial charge in [0.25, 0.3) is 0 Å². The van der Waals surface area contributed by atoms with Gasteiger partial charge in [-0.25, -0.2) is 4.39 Å². The molecule has 0 saturated heterocycles. The Kier molecular flexibility index (Phi) is 5.34. The van der Waals surface area contributed by atoms with Crippen molar-refractivity contribution >= 4 is 0 Å². The first-order valence-corrected chi connectivity index (χ1v) is 7.37. The summed E-state index contributed by atoms with van der Waals surface area (Å²) in [5.74, 6) is 0.406. The molecule has 0 aromatic heterocycles. The summed E-state index contributed by atoms with van der Waals surface area (Å²) in [5.41, 5.74) is 2.40. The van der Waals surface area contributed by atoms with Crippen LogP contribution in [0.1, 0.15) is 49.8 Å². The van der Waals surface area contributed by atoms with E-state index in [0.29, 0.717) is 12.0 Å². The van der Waals surface area contributed by atoms with Crippen LogP contribution in [0.2, 0.25) is 0 Å². The topological polar surface area (TPSA) is 32.3 Å². The van der Waals surface area contributed by atoms with Crippen molar-refractivity contribution in [2.45, 2.75) is 45.1 Å². The predicted octanol–water partition coefficient (Wildman–Crippen LogP) is 3.20. The number of benzene rings is 1. The second-order valence-electron chi connectivity index (χ2n) is 5.51. The highest BCUT2D eigenvalue weighted by Gasteiger charge is 2.23. The van der Waals surface area contributed by atoms with Crippen LogP contribution in [0, 0.1) is 11.7 Å². The third-order valence-electron chi connectivity index (χ3n) is 4.07. The fraction of sp³-hybridized carbons (Fsp3) is 0.625. The molecule has 1 aliphatic rings. The van der Waals surface area contributed by atoms with Crippen LogP contribution in [-0.2, 0) is 6.42 Å². The molecule has 1 aromatic carbocycles. The summed E-state index contributed by atoms with van der Waals surface area (Å²) in [6.45, 7) is 3.38. The van der Waals surface area contributed by atoms with Gasteiger partial charge in [-0.3, -0.25) is 0 Å². The lowest BCUT2D eigenvalue weighted by atomic mass is 9.99. The predicted molar refractivity (Wildman–Crippen MR) is 75.6 cm³/mol. The van der Waals surface area contributed by atoms with Crippen LogP contribution in [0.5, 0.6) is 0 Å². The number of rotatable bonds is 7. The van der Waals surface area contributed by atoms with E-state index in [4.69, 9.17) is 5.11 Å². The molecule has 0 bridgehead atoms. The van der Waals surface area contributed by atoms with Crippen LogP contribution in [0.15, 0.2) is 18.2 Å². The normalized spacial score (nSPS) is 19.4. The van der Waals surface area contributed by atoms with E-state index in [1.54, 1.807) is 12.1 Å². The van der Waals surface area contributed by atoms with E-state index in [0.717, 1.165) is 44.2 Å². The average Bonchev–Trinajstić information content (AvgIpc) is 2.78. The zero-order valence-corrected chi connectivity index (χ0v) is 11.7. The van der Waals surface area contributed by atoms with Gasteiger partial charge in [0.2, 0.25) is 0 Å². The van der Waals surface area contributed by atoms with Crippen molar-refractivity contribution in [1.29, 1.82) is 0 Å². The summed E-state index contributed by atoms with van der Waals surface area (Å²) < 4.78 is 13.2. The quantitative estimate of drug-likeness (QED) is 0.793. The van der Waals surface area contributed by atoms with Crippen molar-refractivity contribution in [2.24, 2.45) is 5.92 Å². The van der Waals surface area contributed by atoms with Crippen LogP contribution >= 0.6 is 0 Å². The van der Waals surface area contributed by atoms with E-state index in [2.05, 4.69) is 12.2 Å². The lowest BCUT2D eigenvalue weighted by Crippen LogP contribution is -2.26. The van der Waals surface area contributed by atoms with Crippen LogP contribution in [0.3, 0.4) is 0 Å². The first kappa shape index (κ1) is 14.5. The summed E-state index contributed by atoms with van der Waals surface area (Å²) in [6, 6.07) is 5.48. The monoisotopic (exact) mass is 265 g/mol. The molecule has 106 valence electrons. The number of aliphatic hydroxyl groups is 1. The molecule has 2 rings (SSSR count). The van der Waals surface area contributed by atoms with Gasteiger partial charge in [-0.2, -0.15) is 0 Å². The molecule has 2 N–H and O–H groups in total. The van der Waals surface area contributed by atoms with Crippen molar-refractivity contribution in [3.05, 3.63) is 35.1 Å². The van der Waals surface area contributed by atoms with Crippen molar-refractivity contribution < 1.29 is 9.50 Å². The second-order valence-corrected chi connectivity index (χ2v) is 5.51. The molecule has 2 atom stereocenters. The highest BCUT2D eigenvalue weighted by molar-refractivity contribution is 5.34. The summed E-state index contributed by atoms with van der Waals surface area (Å²) in [6.07, 6.45) is 5.18. The minimum absolute atomic E-state index is 0.136. The smallest absolute Gasteiger partial charge is 0.123 e. The van der Waals surface area contributed by atoms with Crippen molar-refractivity contribution in [3.8, 4) is 0 Å². The van der Waals surface area contributed by atoms with Gasteiger partial charge in [-0.1, -0.05) is 19.4 Å². The molecule has 0 radical (unpaired) electrons. The van der Waals surface area contributed by atoms with Gasteiger partial charge in [-0.15, -0.1) is 0 Å². The molecular weight excluding hydrogens is 241 g/mol. The Hall–Kier alpha value is -0.930. The van der Waals surface area contributed by atoms with E-state index in [1.165, 1.54) is 5.56 Å². The highest BCUT2D eigenvalue weighted by atomic mass is 19.1. The maximum absolute atomic E-state index is 13.2. The number of fused-ring (bicyclic) bond motifs is 1. The number of halogens is 1. The SMILES string of the molecule is CCCC(CCO)CNC1CCc2cc(F)ccc21. The first-order chi connectivity index (χ1) is 9.24. The fourth-order valence-corrected chi connectivity index (χ4v) is 3.05. The summed E-state index contributed by atoms with van der Waals surface area (Å²) >= 11 is 0. The van der Waals surface area contributed by atoms with Gasteiger partial charge >= 0.3 is 0 Å². The largest absolute Gasteiger partial charge is 0.396 e. The number of nitrogens with one attached hydrogen (secondary N) is 1. The number of aliphatic hydroxyl groups excluding tert-OH is 1. The molecule has 0 spiro atoms. The molecule has 3 heteroatoms. The Bertz CT molecular complexity index is 402. The highest BCUT2D eigenvalue weighted by Crippen LogP contribution is 2.31. The van der Waals surface area contributed by atoms with Crippen LogP contribution in [0.25, 0.3) is 0 Å². The fourth-order valence-electron chi connectivity index (χ4n) is 3.05. The zero-order valence-electron chi connectivity index (χ0n) is 11.7. The Morgan fingerprint density at radius 3 is 3.00 bits per heavy atom. The van der Waals surface area contributed by atoms with Crippen LogP contribution < -0.4 is 5.32 Å². The number of hydrogen-bond acceptors (Lipinski definition) is 2. The van der Waals surface area contributed by atoms with E-state index >= 15 is 0 Å². The first-order valence-electron chi connectivity index (χ1n) is 7.37. The van der Waals surface area contributed by atoms with E-state index < -0.39 is 0 Å². The molecular formula is C16H24FNO. The summed E-state index contributed by atoms with van der Waals surface area (Å²) in [7, 11) is 0.